The molecule has 0 saturated carbocycles. The van der Waals surface area contributed by atoms with Crippen molar-refractivity contribution in [3.63, 3.8) is 0 Å². The van der Waals surface area contributed by atoms with Crippen molar-refractivity contribution in [2.75, 3.05) is 5.75 Å². The van der Waals surface area contributed by atoms with E-state index >= 15 is 0 Å². The number of hydrogen-bond acceptors (Lipinski definition) is 6. The summed E-state index contributed by atoms with van der Waals surface area (Å²) in [4.78, 5) is 32.4. The predicted molar refractivity (Wildman–Crippen MR) is 127 cm³/mol. The minimum atomic E-state index is -0.628. The average Bonchev–Trinajstić information content (AvgIpc) is 2.78. The fourth-order valence-corrected chi connectivity index (χ4v) is 4.62. The van der Waals surface area contributed by atoms with E-state index in [1.54, 1.807) is 23.5 Å². The third kappa shape index (κ3) is 7.74. The molecule has 7 heteroatoms. The average molecular weight is 472 g/mol. The number of thioether (sulfide) groups is 1. The van der Waals surface area contributed by atoms with E-state index in [9.17, 15) is 9.59 Å². The van der Waals surface area contributed by atoms with Crippen molar-refractivity contribution >= 4 is 46.9 Å². The van der Waals surface area contributed by atoms with E-state index in [1.165, 1.54) is 6.92 Å². The highest BCUT2D eigenvalue weighted by molar-refractivity contribution is 7.99. The van der Waals surface area contributed by atoms with E-state index in [-0.39, 0.29) is 5.78 Å². The van der Waals surface area contributed by atoms with Crippen LogP contribution in [0.5, 0.6) is 0 Å². The van der Waals surface area contributed by atoms with Crippen LogP contribution in [0.15, 0.2) is 93.5 Å². The third-order valence-electron chi connectivity index (χ3n) is 4.27. The van der Waals surface area contributed by atoms with Crippen LogP contribution in [0.1, 0.15) is 23.7 Å². The van der Waals surface area contributed by atoms with Gasteiger partial charge in [-0.1, -0.05) is 53.7 Å². The van der Waals surface area contributed by atoms with Gasteiger partial charge in [0.15, 0.2) is 5.78 Å². The highest BCUT2D eigenvalue weighted by atomic mass is 35.5. The van der Waals surface area contributed by atoms with Crippen molar-refractivity contribution in [1.82, 2.24) is 5.48 Å². The number of carbonyl (C=O) groups excluding carboxylic acids is 2. The van der Waals surface area contributed by atoms with Crippen LogP contribution in [0.2, 0.25) is 5.02 Å². The van der Waals surface area contributed by atoms with E-state index < -0.39 is 12.0 Å². The lowest BCUT2D eigenvalue weighted by Gasteiger charge is -2.17. The van der Waals surface area contributed by atoms with E-state index in [1.807, 2.05) is 78.9 Å². The molecule has 0 spiro atoms. The number of nitrogens with one attached hydrogen (secondary N) is 1. The van der Waals surface area contributed by atoms with Gasteiger partial charge in [-0.05, 0) is 55.0 Å². The van der Waals surface area contributed by atoms with Crippen LogP contribution in [0.25, 0.3) is 0 Å². The lowest BCUT2D eigenvalue weighted by molar-refractivity contribution is -0.149. The van der Waals surface area contributed by atoms with Crippen molar-refractivity contribution in [2.45, 2.75) is 34.1 Å². The summed E-state index contributed by atoms with van der Waals surface area (Å²) in [6.07, 6.45) is 0.500. The second kappa shape index (κ2) is 12.0. The summed E-state index contributed by atoms with van der Waals surface area (Å²) in [6, 6.07) is 24.4. The molecule has 0 bridgehead atoms. The second-order valence-electron chi connectivity index (χ2n) is 6.66. The van der Waals surface area contributed by atoms with Gasteiger partial charge in [-0.3, -0.25) is 9.59 Å². The van der Waals surface area contributed by atoms with Gasteiger partial charge in [-0.25, -0.2) is 0 Å². The Bertz CT molecular complexity index is 996. The molecule has 0 amide bonds. The largest absolute Gasteiger partial charge is 0.370 e. The molecule has 4 nitrogen and oxygen atoms in total. The van der Waals surface area contributed by atoms with Gasteiger partial charge < -0.3 is 4.84 Å². The van der Waals surface area contributed by atoms with Crippen molar-refractivity contribution in [3.8, 4) is 0 Å². The summed E-state index contributed by atoms with van der Waals surface area (Å²) in [5.41, 5.74) is 3.20. The highest BCUT2D eigenvalue weighted by Crippen LogP contribution is 2.28. The normalized spacial score (nSPS) is 11.7. The molecule has 31 heavy (non-hydrogen) atoms. The van der Waals surface area contributed by atoms with E-state index in [4.69, 9.17) is 16.4 Å². The Morgan fingerprint density at radius 1 is 0.903 bits per heavy atom. The van der Waals surface area contributed by atoms with Gasteiger partial charge in [0.05, 0.1) is 0 Å². The Morgan fingerprint density at radius 3 is 2.16 bits per heavy atom. The van der Waals surface area contributed by atoms with Gasteiger partial charge in [-0.15, -0.1) is 17.2 Å². The standard InChI is InChI=1S/C24H22ClNO3S2/c1-17(27)29-26-23(15-16-30-20-13-9-19(25)10-14-20)24(28)18-7-11-22(12-8-18)31-21-5-3-2-4-6-21/h2-14,23,26H,15-16H2,1H3. The minimum absolute atomic E-state index is 0.116. The quantitative estimate of drug-likeness (QED) is 0.213. The van der Waals surface area contributed by atoms with Crippen LogP contribution in [0.4, 0.5) is 0 Å². The molecule has 0 aliphatic carbocycles. The monoisotopic (exact) mass is 471 g/mol. The summed E-state index contributed by atoms with van der Waals surface area (Å²) in [6.45, 7) is 1.30. The van der Waals surface area contributed by atoms with Crippen molar-refractivity contribution in [3.05, 3.63) is 89.4 Å². The maximum absolute atomic E-state index is 13.0. The first-order valence-electron chi connectivity index (χ1n) is 9.70. The molecule has 3 aromatic rings. The number of hydrogen-bond donors (Lipinski definition) is 1. The van der Waals surface area contributed by atoms with Crippen LogP contribution in [-0.4, -0.2) is 23.5 Å². The number of Topliss-reactive ketones (excluding diaryl/α,β-unsaturated/α-hetero) is 1. The molecule has 1 N–H and O–H groups in total. The Balaban J connectivity index is 1.62. The van der Waals surface area contributed by atoms with Crippen molar-refractivity contribution in [2.24, 2.45) is 0 Å². The fourth-order valence-electron chi connectivity index (χ4n) is 2.74. The summed E-state index contributed by atoms with van der Waals surface area (Å²) in [7, 11) is 0. The van der Waals surface area contributed by atoms with Gasteiger partial charge in [0.1, 0.15) is 6.04 Å². The first-order valence-corrected chi connectivity index (χ1v) is 11.9. The molecule has 3 rings (SSSR count). The smallest absolute Gasteiger partial charge is 0.321 e. The number of carbonyl (C=O) groups is 2. The zero-order chi connectivity index (χ0) is 22.1. The molecule has 1 atom stereocenters. The minimum Gasteiger partial charge on any atom is -0.370 e. The number of benzene rings is 3. The third-order valence-corrected chi connectivity index (χ3v) is 6.58. The maximum Gasteiger partial charge on any atom is 0.321 e. The van der Waals surface area contributed by atoms with Crippen LogP contribution >= 0.6 is 35.1 Å². The zero-order valence-electron chi connectivity index (χ0n) is 16.9. The first-order chi connectivity index (χ1) is 15.0. The molecule has 0 aliphatic heterocycles. The summed E-state index contributed by atoms with van der Waals surface area (Å²) in [5, 5.41) is 0.683. The van der Waals surface area contributed by atoms with Crippen molar-refractivity contribution < 1.29 is 14.4 Å². The predicted octanol–water partition coefficient (Wildman–Crippen LogP) is 6.29. The van der Waals surface area contributed by atoms with Crippen LogP contribution in [0.3, 0.4) is 0 Å². The van der Waals surface area contributed by atoms with Gasteiger partial charge in [0.25, 0.3) is 0 Å². The topological polar surface area (TPSA) is 55.4 Å². The molecular weight excluding hydrogens is 450 g/mol. The number of ketones is 1. The van der Waals surface area contributed by atoms with Crippen LogP contribution < -0.4 is 5.48 Å². The first kappa shape index (κ1) is 23.4. The second-order valence-corrected chi connectivity index (χ2v) is 9.41. The molecule has 3 aromatic carbocycles. The summed E-state index contributed by atoms with van der Waals surface area (Å²) in [5.74, 6) is 0.0702. The Kier molecular flexibility index (Phi) is 9.03. The van der Waals surface area contributed by atoms with Crippen molar-refractivity contribution in [1.29, 1.82) is 0 Å². The highest BCUT2D eigenvalue weighted by Gasteiger charge is 2.21. The molecule has 160 valence electrons. The van der Waals surface area contributed by atoms with Gasteiger partial charge >= 0.3 is 5.97 Å². The molecule has 0 aliphatic rings. The number of halogens is 1. The zero-order valence-corrected chi connectivity index (χ0v) is 19.3. The molecular formula is C24H22ClNO3S2. The van der Waals surface area contributed by atoms with Crippen LogP contribution in [0, 0.1) is 0 Å². The molecule has 0 saturated heterocycles. The fraction of sp³-hybridized carbons (Fsp3) is 0.167. The molecule has 0 fully saturated rings. The lowest BCUT2D eigenvalue weighted by atomic mass is 10.0. The number of hydroxylamine groups is 1. The Hall–Kier alpha value is -2.25. The lowest BCUT2D eigenvalue weighted by Crippen LogP contribution is -2.38. The molecule has 0 radical (unpaired) electrons. The van der Waals surface area contributed by atoms with E-state index in [0.29, 0.717) is 22.8 Å². The van der Waals surface area contributed by atoms with E-state index in [0.717, 1.165) is 14.7 Å². The van der Waals surface area contributed by atoms with E-state index in [2.05, 4.69) is 5.48 Å². The maximum atomic E-state index is 13.0. The number of rotatable bonds is 10. The Morgan fingerprint density at radius 2 is 1.52 bits per heavy atom. The van der Waals surface area contributed by atoms with Gasteiger partial charge in [-0.2, -0.15) is 0 Å². The summed E-state index contributed by atoms with van der Waals surface area (Å²) < 4.78 is 0. The van der Waals surface area contributed by atoms with Gasteiger partial charge in [0.2, 0.25) is 0 Å². The summed E-state index contributed by atoms with van der Waals surface area (Å²) >= 11 is 9.17. The molecule has 1 unspecified atom stereocenters. The SMILES string of the molecule is CC(=O)ONC(CCSc1ccc(Cl)cc1)C(=O)c1ccc(Sc2ccccc2)cc1. The molecule has 0 aromatic heterocycles. The molecule has 0 heterocycles. The van der Waals surface area contributed by atoms with Gasteiger partial charge in [0, 0.05) is 37.9 Å². The van der Waals surface area contributed by atoms with Crippen LogP contribution in [-0.2, 0) is 9.63 Å². The Labute approximate surface area is 195 Å².